The molecule has 19 heavy (non-hydrogen) atoms. The van der Waals surface area contributed by atoms with Gasteiger partial charge in [-0.25, -0.2) is 4.79 Å². The normalized spacial score (nSPS) is 25.0. The first-order valence-electron chi connectivity index (χ1n) is 6.62. The van der Waals surface area contributed by atoms with Crippen LogP contribution in [0.5, 0.6) is 0 Å². The summed E-state index contributed by atoms with van der Waals surface area (Å²) in [5.74, 6) is -0.406. The molecule has 5 nitrogen and oxygen atoms in total. The highest BCUT2D eigenvalue weighted by atomic mass is 16.5. The van der Waals surface area contributed by atoms with Gasteiger partial charge < -0.3 is 19.6 Å². The molecule has 1 aromatic heterocycles. The molecule has 0 bridgehead atoms. The molecule has 0 saturated heterocycles. The second-order valence-corrected chi connectivity index (χ2v) is 5.51. The molecule has 0 aromatic carbocycles. The molecular weight excluding hydrogens is 246 g/mol. The standard InChI is InChI=1S/C14H21NO4/c1-4-18-12-7-11(14(12,2)3)15-8-9-5-6-10(19-9)13(16)17/h5-6,11-12,15H,4,7-8H2,1-3H3,(H,16,17). The van der Waals surface area contributed by atoms with Gasteiger partial charge >= 0.3 is 5.97 Å². The van der Waals surface area contributed by atoms with E-state index in [2.05, 4.69) is 19.2 Å². The van der Waals surface area contributed by atoms with Crippen molar-refractivity contribution >= 4 is 5.97 Å². The topological polar surface area (TPSA) is 71.7 Å². The maximum atomic E-state index is 10.7. The summed E-state index contributed by atoms with van der Waals surface area (Å²) < 4.78 is 10.9. The fourth-order valence-electron chi connectivity index (χ4n) is 2.53. The van der Waals surface area contributed by atoms with Gasteiger partial charge in [-0.3, -0.25) is 0 Å². The van der Waals surface area contributed by atoms with Crippen LogP contribution >= 0.6 is 0 Å². The van der Waals surface area contributed by atoms with Crippen molar-refractivity contribution in [3.63, 3.8) is 0 Å². The van der Waals surface area contributed by atoms with Gasteiger partial charge in [0.1, 0.15) is 5.76 Å². The van der Waals surface area contributed by atoms with Crippen molar-refractivity contribution in [2.24, 2.45) is 5.41 Å². The van der Waals surface area contributed by atoms with Crippen molar-refractivity contribution in [3.05, 3.63) is 23.7 Å². The summed E-state index contributed by atoms with van der Waals surface area (Å²) in [5.41, 5.74) is 0.0955. The molecular formula is C14H21NO4. The van der Waals surface area contributed by atoms with Crippen LogP contribution in [0.4, 0.5) is 0 Å². The molecule has 1 fully saturated rings. The Hall–Kier alpha value is -1.33. The summed E-state index contributed by atoms with van der Waals surface area (Å²) in [5, 5.41) is 12.2. The number of aromatic carboxylic acids is 1. The van der Waals surface area contributed by atoms with E-state index in [1.807, 2.05) is 6.92 Å². The van der Waals surface area contributed by atoms with E-state index in [0.29, 0.717) is 24.5 Å². The molecule has 1 aromatic rings. The molecule has 0 spiro atoms. The van der Waals surface area contributed by atoms with Gasteiger partial charge in [0.25, 0.3) is 0 Å². The molecule has 0 amide bonds. The number of hydrogen-bond acceptors (Lipinski definition) is 4. The van der Waals surface area contributed by atoms with Crippen molar-refractivity contribution in [1.82, 2.24) is 5.32 Å². The molecule has 0 aliphatic heterocycles. The van der Waals surface area contributed by atoms with Crippen LogP contribution in [0.3, 0.4) is 0 Å². The summed E-state index contributed by atoms with van der Waals surface area (Å²) in [7, 11) is 0. The van der Waals surface area contributed by atoms with Gasteiger partial charge in [0.05, 0.1) is 12.6 Å². The van der Waals surface area contributed by atoms with Crippen LogP contribution in [0.25, 0.3) is 0 Å². The van der Waals surface area contributed by atoms with E-state index >= 15 is 0 Å². The molecule has 2 N–H and O–H groups in total. The molecule has 1 aliphatic rings. The predicted octanol–water partition coefficient (Wildman–Crippen LogP) is 2.27. The first-order valence-corrected chi connectivity index (χ1v) is 6.62. The highest BCUT2D eigenvalue weighted by molar-refractivity contribution is 5.84. The van der Waals surface area contributed by atoms with E-state index in [4.69, 9.17) is 14.3 Å². The lowest BCUT2D eigenvalue weighted by Gasteiger charge is -2.51. The zero-order chi connectivity index (χ0) is 14.0. The Morgan fingerprint density at radius 3 is 2.84 bits per heavy atom. The van der Waals surface area contributed by atoms with Gasteiger partial charge in [-0.15, -0.1) is 0 Å². The maximum absolute atomic E-state index is 10.7. The lowest BCUT2D eigenvalue weighted by atomic mass is 9.64. The Labute approximate surface area is 112 Å². The summed E-state index contributed by atoms with van der Waals surface area (Å²) in [6, 6.07) is 3.54. The summed E-state index contributed by atoms with van der Waals surface area (Å²) in [4.78, 5) is 10.7. The van der Waals surface area contributed by atoms with E-state index in [1.54, 1.807) is 6.07 Å². The van der Waals surface area contributed by atoms with Crippen molar-refractivity contribution in [3.8, 4) is 0 Å². The van der Waals surface area contributed by atoms with Gasteiger partial charge in [-0.1, -0.05) is 13.8 Å². The number of carboxylic acids is 1. The highest BCUT2D eigenvalue weighted by Gasteiger charge is 2.48. The van der Waals surface area contributed by atoms with Gasteiger partial charge in [0.15, 0.2) is 0 Å². The quantitative estimate of drug-likeness (QED) is 0.827. The number of ether oxygens (including phenoxy) is 1. The minimum absolute atomic E-state index is 0.0168. The van der Waals surface area contributed by atoms with Crippen LogP contribution in [0.1, 0.15) is 43.5 Å². The SMILES string of the molecule is CCOC1CC(NCc2ccc(C(=O)O)o2)C1(C)C. The van der Waals surface area contributed by atoms with Gasteiger partial charge in [-0.05, 0) is 25.5 Å². The minimum Gasteiger partial charge on any atom is -0.475 e. The van der Waals surface area contributed by atoms with Crippen LogP contribution in [0.15, 0.2) is 16.5 Å². The van der Waals surface area contributed by atoms with Crippen LogP contribution in [0, 0.1) is 5.41 Å². The van der Waals surface area contributed by atoms with Crippen molar-refractivity contribution < 1.29 is 19.1 Å². The maximum Gasteiger partial charge on any atom is 0.371 e. The lowest BCUT2D eigenvalue weighted by molar-refractivity contribution is -0.114. The second kappa shape index (κ2) is 5.35. The van der Waals surface area contributed by atoms with E-state index in [-0.39, 0.29) is 11.2 Å². The third-order valence-corrected chi connectivity index (χ3v) is 3.94. The monoisotopic (exact) mass is 267 g/mol. The molecule has 2 unspecified atom stereocenters. The third-order valence-electron chi connectivity index (χ3n) is 3.94. The minimum atomic E-state index is -1.04. The average Bonchev–Trinajstić information content (AvgIpc) is 2.81. The number of hydrogen-bond donors (Lipinski definition) is 2. The number of nitrogens with one attached hydrogen (secondary N) is 1. The smallest absolute Gasteiger partial charge is 0.371 e. The first-order chi connectivity index (χ1) is 8.95. The fraction of sp³-hybridized carbons (Fsp3) is 0.643. The van der Waals surface area contributed by atoms with Crippen molar-refractivity contribution in [2.75, 3.05) is 6.61 Å². The van der Waals surface area contributed by atoms with Crippen LogP contribution in [-0.4, -0.2) is 29.8 Å². The molecule has 2 rings (SSSR count). The van der Waals surface area contributed by atoms with Gasteiger partial charge in [-0.2, -0.15) is 0 Å². The highest BCUT2D eigenvalue weighted by Crippen LogP contribution is 2.42. The molecule has 2 atom stereocenters. The predicted molar refractivity (Wildman–Crippen MR) is 70.1 cm³/mol. The van der Waals surface area contributed by atoms with Crippen LogP contribution < -0.4 is 5.32 Å². The molecule has 5 heteroatoms. The number of furan rings is 1. The Morgan fingerprint density at radius 1 is 1.58 bits per heavy atom. The Kier molecular flexibility index (Phi) is 3.96. The summed E-state index contributed by atoms with van der Waals surface area (Å²) >= 11 is 0. The largest absolute Gasteiger partial charge is 0.475 e. The fourth-order valence-corrected chi connectivity index (χ4v) is 2.53. The average molecular weight is 267 g/mol. The number of carboxylic acid groups (broad SMARTS) is 1. The van der Waals surface area contributed by atoms with Crippen molar-refractivity contribution in [1.29, 1.82) is 0 Å². The Morgan fingerprint density at radius 2 is 2.32 bits per heavy atom. The van der Waals surface area contributed by atoms with Crippen LogP contribution in [-0.2, 0) is 11.3 Å². The summed E-state index contributed by atoms with van der Waals surface area (Å²) in [6.45, 7) is 7.65. The molecule has 106 valence electrons. The van der Waals surface area contributed by atoms with E-state index in [1.165, 1.54) is 6.07 Å². The summed E-state index contributed by atoms with van der Waals surface area (Å²) in [6.07, 6.45) is 1.27. The van der Waals surface area contributed by atoms with Crippen molar-refractivity contribution in [2.45, 2.75) is 45.9 Å². The second-order valence-electron chi connectivity index (χ2n) is 5.51. The van der Waals surface area contributed by atoms with E-state index in [0.717, 1.165) is 13.0 Å². The molecule has 1 aliphatic carbocycles. The molecule has 0 radical (unpaired) electrons. The number of carbonyl (C=O) groups is 1. The lowest BCUT2D eigenvalue weighted by Crippen LogP contribution is -2.60. The zero-order valence-corrected chi connectivity index (χ0v) is 11.6. The Bertz CT molecular complexity index is 452. The van der Waals surface area contributed by atoms with E-state index in [9.17, 15) is 4.79 Å². The zero-order valence-electron chi connectivity index (χ0n) is 11.6. The molecule has 1 heterocycles. The Balaban J connectivity index is 1.85. The number of rotatable bonds is 6. The van der Waals surface area contributed by atoms with Crippen LogP contribution in [0.2, 0.25) is 0 Å². The van der Waals surface area contributed by atoms with E-state index < -0.39 is 5.97 Å². The first kappa shape index (κ1) is 14.1. The molecule has 1 saturated carbocycles. The third kappa shape index (κ3) is 2.82. The van der Waals surface area contributed by atoms with Gasteiger partial charge in [0, 0.05) is 18.1 Å². The van der Waals surface area contributed by atoms with Gasteiger partial charge in [0.2, 0.25) is 5.76 Å².